The van der Waals surface area contributed by atoms with Crippen molar-refractivity contribution in [2.45, 2.75) is 0 Å². The molecule has 0 amide bonds. The van der Waals surface area contributed by atoms with Gasteiger partial charge in [0.25, 0.3) is 0 Å². The maximum Gasteiger partial charge on any atom is -0.0400 e. The van der Waals surface area contributed by atoms with Gasteiger partial charge in [-0.3, -0.25) is 0 Å². The molecule has 0 radical (unpaired) electrons. The number of hydrogen-bond acceptors (Lipinski definition) is 3. The second-order valence-electron chi connectivity index (χ2n) is 0.762. The maximum absolute atomic E-state index is 4.53. The van der Waals surface area contributed by atoms with E-state index in [1.54, 1.807) is 6.54 Å². The lowest BCUT2D eigenvalue weighted by molar-refractivity contribution is 0.0861. The second kappa shape index (κ2) is 1.35. The van der Waals surface area contributed by atoms with Crippen LogP contribution in [0.2, 0.25) is 0 Å². The van der Waals surface area contributed by atoms with Crippen LogP contribution in [0.3, 0.4) is 0 Å². The molecule has 1 fully saturated rings. The molecular weight excluding hydrogens is 68.0 g/mol. The fourth-order valence-electron chi connectivity index (χ4n) is 0.208. The summed E-state index contributed by atoms with van der Waals surface area (Å²) in [4.78, 5) is 4.53. The van der Waals surface area contributed by atoms with E-state index in [-0.39, 0.29) is 0 Å². The third-order valence-electron chi connectivity index (χ3n) is 0.400. The van der Waals surface area contributed by atoms with E-state index in [9.17, 15) is 0 Å². The average Bonchev–Trinajstić information content (AvgIpc) is 1.76. The van der Waals surface area contributed by atoms with Crippen LogP contribution >= 0.6 is 0 Å². The molecular formula is C2H5N2O-. The summed E-state index contributed by atoms with van der Waals surface area (Å²) in [5.74, 6) is 0. The zero-order valence-corrected chi connectivity index (χ0v) is 2.69. The molecule has 5 heavy (non-hydrogen) atoms. The Hall–Kier alpha value is -0.120. The number of hydrazine groups is 1. The Labute approximate surface area is 30.2 Å². The normalized spacial score (nSPS) is 24.0. The van der Waals surface area contributed by atoms with Crippen LogP contribution in [0.25, 0.3) is 0 Å². The Bertz CT molecular complexity index is 19.2. The first-order valence-electron chi connectivity index (χ1n) is 1.44. The van der Waals surface area contributed by atoms with E-state index in [1.165, 1.54) is 0 Å². The molecule has 0 unspecified atom stereocenters. The summed E-state index contributed by atoms with van der Waals surface area (Å²) in [6, 6.07) is 0. The molecule has 0 aliphatic carbocycles. The summed E-state index contributed by atoms with van der Waals surface area (Å²) in [5.41, 5.74) is 5.04. The maximum atomic E-state index is 4.53. The highest BCUT2D eigenvalue weighted by molar-refractivity contribution is 4.56. The third kappa shape index (κ3) is 0.576. The molecule has 3 nitrogen and oxygen atoms in total. The van der Waals surface area contributed by atoms with E-state index >= 15 is 0 Å². The summed E-state index contributed by atoms with van der Waals surface area (Å²) in [7, 11) is 0. The van der Waals surface area contributed by atoms with Gasteiger partial charge in [-0.2, -0.15) is 5.59 Å². The van der Waals surface area contributed by atoms with Gasteiger partial charge in [0.15, 0.2) is 0 Å². The van der Waals surface area contributed by atoms with E-state index in [4.69, 9.17) is 0 Å². The van der Waals surface area contributed by atoms with Crippen molar-refractivity contribution in [1.29, 1.82) is 0 Å². The van der Waals surface area contributed by atoms with Crippen molar-refractivity contribution >= 4 is 0 Å². The van der Waals surface area contributed by atoms with Gasteiger partial charge in [0.2, 0.25) is 0 Å². The highest BCUT2D eigenvalue weighted by atomic mass is 16.7. The van der Waals surface area contributed by atoms with Crippen molar-refractivity contribution in [2.75, 3.05) is 6.61 Å². The molecule has 2 N–H and O–H groups in total. The Balaban J connectivity index is 2.08. The lowest BCUT2D eigenvalue weighted by atomic mass is 10.8. The second-order valence-corrected chi connectivity index (χ2v) is 0.762. The topological polar surface area (TPSA) is 33.3 Å². The molecule has 0 bridgehead atoms. The van der Waals surface area contributed by atoms with Gasteiger partial charge in [0, 0.05) is 0 Å². The third-order valence-corrected chi connectivity index (χ3v) is 0.400. The van der Waals surface area contributed by atoms with Crippen LogP contribution in [0.4, 0.5) is 0 Å². The first-order valence-corrected chi connectivity index (χ1v) is 1.44. The largest absolute Gasteiger partial charge is 0.382 e. The van der Waals surface area contributed by atoms with Crippen LogP contribution in [0.15, 0.2) is 0 Å². The van der Waals surface area contributed by atoms with Crippen LogP contribution < -0.4 is 11.0 Å². The summed E-state index contributed by atoms with van der Waals surface area (Å²) in [5, 5.41) is 0. The lowest BCUT2D eigenvalue weighted by Gasteiger charge is -1.90. The standard InChI is InChI=1S/C2H5N2O/c1-2-5-4-3-1/h1,3-4H,2H2/q-1. The minimum atomic E-state index is 0.653. The molecule has 3 heteroatoms. The molecule has 0 atom stereocenters. The highest BCUT2D eigenvalue weighted by Crippen LogP contribution is 1.74. The van der Waals surface area contributed by atoms with Crippen molar-refractivity contribution < 1.29 is 4.84 Å². The number of rotatable bonds is 0. The minimum Gasteiger partial charge on any atom is -0.382 e. The Morgan fingerprint density at radius 2 is 2.80 bits per heavy atom. The van der Waals surface area contributed by atoms with Gasteiger partial charge in [0.1, 0.15) is 0 Å². The Morgan fingerprint density at radius 1 is 1.80 bits per heavy atom. The summed E-state index contributed by atoms with van der Waals surface area (Å²) in [6.45, 7) is 2.43. The number of nitrogens with one attached hydrogen (secondary N) is 2. The van der Waals surface area contributed by atoms with Gasteiger partial charge in [-0.05, 0) is 6.61 Å². The molecule has 0 aromatic carbocycles. The van der Waals surface area contributed by atoms with Gasteiger partial charge < -0.3 is 10.3 Å². The molecule has 1 aliphatic rings. The zero-order chi connectivity index (χ0) is 3.54. The van der Waals surface area contributed by atoms with E-state index in [0.29, 0.717) is 6.61 Å². The van der Waals surface area contributed by atoms with Crippen LogP contribution in [-0.2, 0) is 4.84 Å². The summed E-state index contributed by atoms with van der Waals surface area (Å²) < 4.78 is 0. The highest BCUT2D eigenvalue weighted by Gasteiger charge is 1.78. The van der Waals surface area contributed by atoms with Gasteiger partial charge in [-0.15, -0.1) is 0 Å². The van der Waals surface area contributed by atoms with Gasteiger partial charge >= 0.3 is 0 Å². The van der Waals surface area contributed by atoms with Crippen molar-refractivity contribution in [3.8, 4) is 0 Å². The van der Waals surface area contributed by atoms with Crippen molar-refractivity contribution in [3.05, 3.63) is 6.54 Å². The van der Waals surface area contributed by atoms with E-state index in [2.05, 4.69) is 15.9 Å². The minimum absolute atomic E-state index is 0.653. The van der Waals surface area contributed by atoms with Crippen LogP contribution in [0.5, 0.6) is 0 Å². The van der Waals surface area contributed by atoms with Gasteiger partial charge in [-0.1, -0.05) is 0 Å². The molecule has 1 aliphatic heterocycles. The molecule has 0 aromatic rings. The van der Waals surface area contributed by atoms with Crippen LogP contribution in [0.1, 0.15) is 0 Å². The molecule has 30 valence electrons. The van der Waals surface area contributed by atoms with E-state index in [0.717, 1.165) is 0 Å². The fraction of sp³-hybridized carbons (Fsp3) is 0.500. The smallest absolute Gasteiger partial charge is 0.0400 e. The van der Waals surface area contributed by atoms with E-state index in [1.807, 2.05) is 0 Å². The zero-order valence-electron chi connectivity index (χ0n) is 2.69. The van der Waals surface area contributed by atoms with Gasteiger partial charge in [-0.25, -0.2) is 6.54 Å². The van der Waals surface area contributed by atoms with Crippen molar-refractivity contribution in [2.24, 2.45) is 0 Å². The van der Waals surface area contributed by atoms with Crippen molar-refractivity contribution in [1.82, 2.24) is 11.0 Å². The van der Waals surface area contributed by atoms with Gasteiger partial charge in [0.05, 0.1) is 0 Å². The van der Waals surface area contributed by atoms with Crippen molar-refractivity contribution in [3.63, 3.8) is 0 Å². The summed E-state index contributed by atoms with van der Waals surface area (Å²) >= 11 is 0. The quantitative estimate of drug-likeness (QED) is 0.368. The Kier molecular flexibility index (Phi) is 0.834. The molecule has 0 spiro atoms. The Morgan fingerprint density at radius 3 is 3.00 bits per heavy atom. The summed E-state index contributed by atoms with van der Waals surface area (Å²) in [6.07, 6.45) is 0. The predicted octanol–water partition coefficient (Wildman–Crippen LogP) is -0.812. The van der Waals surface area contributed by atoms with Crippen LogP contribution in [-0.4, -0.2) is 6.61 Å². The molecule has 0 saturated carbocycles. The van der Waals surface area contributed by atoms with Crippen LogP contribution in [0, 0.1) is 6.54 Å². The fourth-order valence-corrected chi connectivity index (χ4v) is 0.208. The molecule has 1 saturated heterocycles. The average molecular weight is 73.1 g/mol. The SMILES string of the molecule is [CH-]1CONN1. The monoisotopic (exact) mass is 73.0 g/mol. The lowest BCUT2D eigenvalue weighted by Crippen LogP contribution is -2.17. The molecule has 1 heterocycles. The first kappa shape index (κ1) is 3.08. The first-order chi connectivity index (χ1) is 2.50. The number of hydrogen-bond donors (Lipinski definition) is 2. The predicted molar refractivity (Wildman–Crippen MR) is 16.5 cm³/mol. The molecule has 0 aromatic heterocycles. The van der Waals surface area contributed by atoms with E-state index < -0.39 is 0 Å². The molecule has 1 rings (SSSR count).